The lowest BCUT2D eigenvalue weighted by molar-refractivity contribution is 0.0949. The first-order valence-electron chi connectivity index (χ1n) is 7.48. The lowest BCUT2D eigenvalue weighted by atomic mass is 10.3. The minimum atomic E-state index is -0.225. The molecule has 3 heterocycles. The molecule has 24 heavy (non-hydrogen) atoms. The number of carbonyl (C=O) groups is 1. The van der Waals surface area contributed by atoms with Crippen molar-refractivity contribution in [3.05, 3.63) is 48.4 Å². The summed E-state index contributed by atoms with van der Waals surface area (Å²) in [4.78, 5) is 16.4. The van der Waals surface area contributed by atoms with E-state index in [1.165, 1.54) is 7.11 Å². The van der Waals surface area contributed by atoms with E-state index in [0.717, 1.165) is 11.4 Å². The Morgan fingerprint density at radius 2 is 2.12 bits per heavy atom. The third kappa shape index (κ3) is 3.43. The van der Waals surface area contributed by atoms with Gasteiger partial charge in [-0.2, -0.15) is 5.10 Å². The van der Waals surface area contributed by atoms with E-state index in [0.29, 0.717) is 24.5 Å². The topological polar surface area (TPSA) is 86.9 Å². The molecule has 3 aromatic rings. The Labute approximate surface area is 139 Å². The monoisotopic (exact) mass is 326 g/mol. The number of rotatable bonds is 6. The number of methoxy groups -OCH3 is 1. The molecule has 0 aliphatic heterocycles. The summed E-state index contributed by atoms with van der Waals surface area (Å²) in [5, 5.41) is 11.3. The molecule has 8 nitrogen and oxygen atoms in total. The van der Waals surface area contributed by atoms with Crippen molar-refractivity contribution in [3.8, 4) is 17.3 Å². The predicted octanol–water partition coefficient (Wildman–Crippen LogP) is 1.12. The number of hydrogen-bond acceptors (Lipinski definition) is 5. The highest BCUT2D eigenvalue weighted by Crippen LogP contribution is 2.14. The molecule has 3 rings (SSSR count). The minimum absolute atomic E-state index is 0.225. The molecular weight excluding hydrogens is 308 g/mol. The second kappa shape index (κ2) is 6.95. The van der Waals surface area contributed by atoms with Gasteiger partial charge in [-0.15, -0.1) is 5.10 Å². The van der Waals surface area contributed by atoms with Gasteiger partial charge < -0.3 is 10.1 Å². The van der Waals surface area contributed by atoms with Gasteiger partial charge >= 0.3 is 0 Å². The third-order valence-electron chi connectivity index (χ3n) is 3.43. The van der Waals surface area contributed by atoms with Crippen molar-refractivity contribution >= 4 is 5.91 Å². The Balaban J connectivity index is 1.57. The van der Waals surface area contributed by atoms with Crippen LogP contribution in [0.5, 0.6) is 5.88 Å². The van der Waals surface area contributed by atoms with Gasteiger partial charge in [-0.1, -0.05) is 6.07 Å². The zero-order chi connectivity index (χ0) is 16.9. The van der Waals surface area contributed by atoms with Crippen LogP contribution in [0.4, 0.5) is 0 Å². The molecule has 0 saturated heterocycles. The Bertz CT molecular complexity index is 824. The maximum absolute atomic E-state index is 12.2. The van der Waals surface area contributed by atoms with Gasteiger partial charge in [0, 0.05) is 32.2 Å². The van der Waals surface area contributed by atoms with Crippen LogP contribution < -0.4 is 10.1 Å². The Morgan fingerprint density at radius 3 is 2.88 bits per heavy atom. The highest BCUT2D eigenvalue weighted by atomic mass is 16.5. The summed E-state index contributed by atoms with van der Waals surface area (Å²) in [6, 6.07) is 7.59. The van der Waals surface area contributed by atoms with Crippen LogP contribution in [0.3, 0.4) is 0 Å². The van der Waals surface area contributed by atoms with Gasteiger partial charge in [0.05, 0.1) is 19.3 Å². The molecule has 1 N–H and O–H groups in total. The molecule has 0 radical (unpaired) electrons. The Morgan fingerprint density at radius 1 is 1.25 bits per heavy atom. The lowest BCUT2D eigenvalue weighted by Gasteiger charge is -2.05. The number of pyridine rings is 1. The van der Waals surface area contributed by atoms with E-state index in [4.69, 9.17) is 4.74 Å². The number of hydrogen-bond donors (Lipinski definition) is 1. The number of aromatic nitrogens is 5. The van der Waals surface area contributed by atoms with Gasteiger partial charge in [-0.25, -0.2) is 0 Å². The van der Waals surface area contributed by atoms with E-state index >= 15 is 0 Å². The molecule has 8 heteroatoms. The van der Waals surface area contributed by atoms with E-state index in [1.54, 1.807) is 28.8 Å². The van der Waals surface area contributed by atoms with Crippen molar-refractivity contribution in [2.24, 2.45) is 7.05 Å². The fraction of sp³-hybridized carbons (Fsp3) is 0.250. The van der Waals surface area contributed by atoms with Crippen LogP contribution >= 0.6 is 0 Å². The van der Waals surface area contributed by atoms with Crippen LogP contribution in [0.2, 0.25) is 0 Å². The Hall–Kier alpha value is -3.16. The van der Waals surface area contributed by atoms with Gasteiger partial charge in [-0.05, 0) is 18.2 Å². The normalized spacial score (nSPS) is 10.6. The molecule has 0 bridgehead atoms. The van der Waals surface area contributed by atoms with E-state index in [-0.39, 0.29) is 5.91 Å². The summed E-state index contributed by atoms with van der Waals surface area (Å²) in [5.41, 5.74) is 2.03. The molecule has 0 aromatic carbocycles. The highest BCUT2D eigenvalue weighted by molar-refractivity contribution is 5.96. The summed E-state index contributed by atoms with van der Waals surface area (Å²) in [6.45, 7) is 1.00. The van der Waals surface area contributed by atoms with Crippen molar-refractivity contribution in [2.75, 3.05) is 13.7 Å². The molecule has 124 valence electrons. The molecule has 0 aliphatic rings. The number of nitrogens with zero attached hydrogens (tertiary/aromatic N) is 5. The van der Waals surface area contributed by atoms with Gasteiger partial charge in [0.15, 0.2) is 0 Å². The number of ether oxygens (including phenoxy) is 1. The second-order valence-corrected chi connectivity index (χ2v) is 5.16. The molecule has 0 atom stereocenters. The lowest BCUT2D eigenvalue weighted by Crippen LogP contribution is -2.27. The summed E-state index contributed by atoms with van der Waals surface area (Å²) >= 11 is 0. The summed E-state index contributed by atoms with van der Waals surface area (Å²) in [6.07, 6.45) is 5.22. The summed E-state index contributed by atoms with van der Waals surface area (Å²) in [7, 11) is 3.23. The number of aryl methyl sites for hydroxylation is 1. The van der Waals surface area contributed by atoms with Crippen LogP contribution in [0.25, 0.3) is 11.4 Å². The van der Waals surface area contributed by atoms with Gasteiger partial charge in [-0.3, -0.25) is 19.1 Å². The quantitative estimate of drug-likeness (QED) is 0.733. The molecule has 0 unspecified atom stereocenters. The first-order chi connectivity index (χ1) is 11.7. The number of carbonyl (C=O) groups excluding carboxylic acids is 1. The SMILES string of the molecule is COc1nn(C)cc1C(=O)NCCn1ccc(-c2ccccn2)n1. The van der Waals surface area contributed by atoms with Crippen LogP contribution in [-0.2, 0) is 13.6 Å². The van der Waals surface area contributed by atoms with Crippen molar-refractivity contribution in [1.82, 2.24) is 29.9 Å². The molecule has 0 fully saturated rings. The summed E-state index contributed by atoms with van der Waals surface area (Å²) in [5.74, 6) is 0.0867. The van der Waals surface area contributed by atoms with Gasteiger partial charge in [0.25, 0.3) is 5.91 Å². The van der Waals surface area contributed by atoms with Crippen LogP contribution in [0.15, 0.2) is 42.9 Å². The second-order valence-electron chi connectivity index (χ2n) is 5.16. The molecule has 0 saturated carbocycles. The highest BCUT2D eigenvalue weighted by Gasteiger charge is 2.15. The van der Waals surface area contributed by atoms with E-state index < -0.39 is 0 Å². The van der Waals surface area contributed by atoms with Crippen molar-refractivity contribution in [3.63, 3.8) is 0 Å². The maximum atomic E-state index is 12.2. The van der Waals surface area contributed by atoms with E-state index in [9.17, 15) is 4.79 Å². The Kier molecular flexibility index (Phi) is 4.55. The van der Waals surface area contributed by atoms with E-state index in [1.807, 2.05) is 30.5 Å². The molecule has 0 spiro atoms. The van der Waals surface area contributed by atoms with Crippen LogP contribution in [0.1, 0.15) is 10.4 Å². The van der Waals surface area contributed by atoms with Crippen molar-refractivity contribution in [1.29, 1.82) is 0 Å². The molecule has 0 aliphatic carbocycles. The minimum Gasteiger partial charge on any atom is -0.479 e. The standard InChI is InChI=1S/C16H18N6O2/c1-21-11-12(16(20-21)24-2)15(23)18-8-10-22-9-6-14(19-22)13-5-3-4-7-17-13/h3-7,9,11H,8,10H2,1-2H3,(H,18,23). The average Bonchev–Trinajstić information content (AvgIpc) is 3.22. The van der Waals surface area contributed by atoms with Gasteiger partial charge in [0.1, 0.15) is 11.3 Å². The van der Waals surface area contributed by atoms with Crippen molar-refractivity contribution in [2.45, 2.75) is 6.54 Å². The van der Waals surface area contributed by atoms with Crippen LogP contribution in [-0.4, -0.2) is 44.1 Å². The zero-order valence-corrected chi connectivity index (χ0v) is 13.5. The third-order valence-corrected chi connectivity index (χ3v) is 3.43. The first kappa shape index (κ1) is 15.7. The first-order valence-corrected chi connectivity index (χ1v) is 7.48. The number of amides is 1. The van der Waals surface area contributed by atoms with Crippen molar-refractivity contribution < 1.29 is 9.53 Å². The molecule has 1 amide bonds. The summed E-state index contributed by atoms with van der Waals surface area (Å²) < 4.78 is 8.40. The fourth-order valence-corrected chi connectivity index (χ4v) is 2.29. The molecule has 3 aromatic heterocycles. The maximum Gasteiger partial charge on any atom is 0.258 e. The molecular formula is C16H18N6O2. The van der Waals surface area contributed by atoms with Gasteiger partial charge in [0.2, 0.25) is 5.88 Å². The van der Waals surface area contributed by atoms with E-state index in [2.05, 4.69) is 20.5 Å². The number of nitrogens with one attached hydrogen (secondary N) is 1. The average molecular weight is 326 g/mol. The largest absolute Gasteiger partial charge is 0.479 e. The zero-order valence-electron chi connectivity index (χ0n) is 13.5. The van der Waals surface area contributed by atoms with Crippen LogP contribution in [0, 0.1) is 0 Å². The fourth-order valence-electron chi connectivity index (χ4n) is 2.29. The smallest absolute Gasteiger partial charge is 0.258 e. The predicted molar refractivity (Wildman–Crippen MR) is 87.6 cm³/mol.